The molecule has 1 spiro atoms. The van der Waals surface area contributed by atoms with Gasteiger partial charge in [-0.05, 0) is 43.7 Å². The number of aryl methyl sites for hydroxylation is 2. The zero-order chi connectivity index (χ0) is 21.6. The fourth-order valence-corrected chi connectivity index (χ4v) is 4.79. The summed E-state index contributed by atoms with van der Waals surface area (Å²) in [6, 6.07) is 13.7. The van der Waals surface area contributed by atoms with Crippen LogP contribution in [0.1, 0.15) is 34.3 Å². The van der Waals surface area contributed by atoms with Crippen LogP contribution in [0.5, 0.6) is 0 Å². The molecule has 160 valence electrons. The first-order valence-corrected chi connectivity index (χ1v) is 11.1. The molecule has 5 rings (SSSR count). The smallest absolute Gasteiger partial charge is 0.254 e. The fourth-order valence-electron chi connectivity index (χ4n) is 4.62. The molecule has 0 bridgehead atoms. The summed E-state index contributed by atoms with van der Waals surface area (Å²) in [5.74, 6) is -0.515. The minimum absolute atomic E-state index is 0.00599. The van der Waals surface area contributed by atoms with Gasteiger partial charge < -0.3 is 14.4 Å². The average Bonchev–Trinajstić information content (AvgIpc) is 3.21. The van der Waals surface area contributed by atoms with Gasteiger partial charge in [-0.25, -0.2) is 4.98 Å². The van der Waals surface area contributed by atoms with Gasteiger partial charge >= 0.3 is 0 Å². The monoisotopic (exact) mass is 436 g/mol. The molecule has 2 saturated heterocycles. The standard InChI is InChI=1S/C25H25ClN2O3/c1-16-3-5-19(17(2)13-16)23-15-21(20-14-18(26)4-6-22(20)27-23)24(29)28-9-7-25(8-10-28)30-11-12-31-25/h3-6,13-15H,7-12H2,1-2H3. The second kappa shape index (κ2) is 7.90. The third-order valence-corrected chi connectivity index (χ3v) is 6.52. The lowest BCUT2D eigenvalue weighted by atomic mass is 9.98. The van der Waals surface area contributed by atoms with E-state index in [0.717, 1.165) is 27.7 Å². The van der Waals surface area contributed by atoms with E-state index in [4.69, 9.17) is 26.1 Å². The van der Waals surface area contributed by atoms with Crippen LogP contribution in [0.25, 0.3) is 22.2 Å². The maximum Gasteiger partial charge on any atom is 0.254 e. The van der Waals surface area contributed by atoms with E-state index in [2.05, 4.69) is 32.0 Å². The Kier molecular flexibility index (Phi) is 5.21. The zero-order valence-corrected chi connectivity index (χ0v) is 18.5. The van der Waals surface area contributed by atoms with Crippen LogP contribution in [0, 0.1) is 13.8 Å². The first kappa shape index (κ1) is 20.4. The molecule has 6 heteroatoms. The molecule has 2 fully saturated rings. The molecule has 3 aromatic rings. The molecule has 0 saturated carbocycles. The normalized spacial score (nSPS) is 18.1. The van der Waals surface area contributed by atoms with Gasteiger partial charge in [0.2, 0.25) is 0 Å². The van der Waals surface area contributed by atoms with E-state index in [9.17, 15) is 4.79 Å². The van der Waals surface area contributed by atoms with Crippen LogP contribution in [0.3, 0.4) is 0 Å². The summed E-state index contributed by atoms with van der Waals surface area (Å²) in [6.45, 7) is 6.59. The minimum Gasteiger partial charge on any atom is -0.347 e. The molecule has 1 amide bonds. The van der Waals surface area contributed by atoms with Crippen molar-refractivity contribution in [2.45, 2.75) is 32.5 Å². The Morgan fingerprint density at radius 3 is 2.48 bits per heavy atom. The molecule has 31 heavy (non-hydrogen) atoms. The Hall–Kier alpha value is -2.47. The number of hydrogen-bond donors (Lipinski definition) is 0. The number of aromatic nitrogens is 1. The molecule has 0 atom stereocenters. The van der Waals surface area contributed by atoms with E-state index in [1.54, 1.807) is 0 Å². The number of carbonyl (C=O) groups is 1. The summed E-state index contributed by atoms with van der Waals surface area (Å²) in [7, 11) is 0. The molecule has 2 aliphatic heterocycles. The van der Waals surface area contributed by atoms with Gasteiger partial charge in [0.1, 0.15) is 0 Å². The van der Waals surface area contributed by atoms with Gasteiger partial charge in [0.05, 0.1) is 30.0 Å². The Labute approximate surface area is 186 Å². The van der Waals surface area contributed by atoms with E-state index < -0.39 is 5.79 Å². The Balaban J connectivity index is 1.55. The van der Waals surface area contributed by atoms with Crippen molar-refractivity contribution in [3.63, 3.8) is 0 Å². The number of fused-ring (bicyclic) bond motifs is 1. The Morgan fingerprint density at radius 1 is 1.03 bits per heavy atom. The molecular formula is C25H25ClN2O3. The number of benzene rings is 2. The average molecular weight is 437 g/mol. The molecule has 0 N–H and O–H groups in total. The van der Waals surface area contributed by atoms with Gasteiger partial charge in [-0.2, -0.15) is 0 Å². The quantitative estimate of drug-likeness (QED) is 0.557. The van der Waals surface area contributed by atoms with Gasteiger partial charge in [-0.1, -0.05) is 35.4 Å². The number of amides is 1. The lowest BCUT2D eigenvalue weighted by molar-refractivity contribution is -0.181. The van der Waals surface area contributed by atoms with Gasteiger partial charge in [0, 0.05) is 41.9 Å². The van der Waals surface area contributed by atoms with Crippen LogP contribution < -0.4 is 0 Å². The van der Waals surface area contributed by atoms with Crippen molar-refractivity contribution in [1.29, 1.82) is 0 Å². The molecule has 2 aromatic carbocycles. The highest BCUT2D eigenvalue weighted by Crippen LogP contribution is 2.34. The number of piperidine rings is 1. The third kappa shape index (κ3) is 3.82. The van der Waals surface area contributed by atoms with E-state index >= 15 is 0 Å². The van der Waals surface area contributed by atoms with Crippen LogP contribution in [0.15, 0.2) is 42.5 Å². The van der Waals surface area contributed by atoms with Crippen LogP contribution in [-0.4, -0.2) is 47.9 Å². The molecule has 0 unspecified atom stereocenters. The number of halogens is 1. The molecule has 0 aliphatic carbocycles. The number of rotatable bonds is 2. The van der Waals surface area contributed by atoms with Crippen molar-refractivity contribution in [3.05, 3.63) is 64.2 Å². The maximum atomic E-state index is 13.6. The van der Waals surface area contributed by atoms with Crippen molar-refractivity contribution in [2.75, 3.05) is 26.3 Å². The van der Waals surface area contributed by atoms with Gasteiger partial charge in [0.25, 0.3) is 5.91 Å². The van der Waals surface area contributed by atoms with E-state index in [1.165, 1.54) is 5.56 Å². The first-order chi connectivity index (χ1) is 14.9. The summed E-state index contributed by atoms with van der Waals surface area (Å²) in [6.07, 6.45) is 1.37. The molecular weight excluding hydrogens is 412 g/mol. The van der Waals surface area contributed by atoms with Crippen LogP contribution in [0.4, 0.5) is 0 Å². The number of pyridine rings is 1. The Bertz CT molecular complexity index is 1160. The van der Waals surface area contributed by atoms with Crippen LogP contribution in [-0.2, 0) is 9.47 Å². The molecule has 2 aliphatic rings. The number of nitrogens with zero attached hydrogens (tertiary/aromatic N) is 2. The lowest BCUT2D eigenvalue weighted by Crippen LogP contribution is -2.47. The topological polar surface area (TPSA) is 51.7 Å². The van der Waals surface area contributed by atoms with Crippen molar-refractivity contribution in [2.24, 2.45) is 0 Å². The fraction of sp³-hybridized carbons (Fsp3) is 0.360. The van der Waals surface area contributed by atoms with Crippen molar-refractivity contribution >= 4 is 28.4 Å². The molecule has 1 aromatic heterocycles. The number of carbonyl (C=O) groups excluding carboxylic acids is 1. The van der Waals surface area contributed by atoms with Crippen molar-refractivity contribution in [1.82, 2.24) is 9.88 Å². The molecule has 5 nitrogen and oxygen atoms in total. The Morgan fingerprint density at radius 2 is 1.77 bits per heavy atom. The summed E-state index contributed by atoms with van der Waals surface area (Å²) in [5, 5.41) is 1.37. The summed E-state index contributed by atoms with van der Waals surface area (Å²) in [4.78, 5) is 20.4. The maximum absolute atomic E-state index is 13.6. The van der Waals surface area contributed by atoms with E-state index in [0.29, 0.717) is 49.7 Å². The number of hydrogen-bond acceptors (Lipinski definition) is 4. The largest absolute Gasteiger partial charge is 0.347 e. The van der Waals surface area contributed by atoms with Crippen molar-refractivity contribution < 1.29 is 14.3 Å². The van der Waals surface area contributed by atoms with Gasteiger partial charge in [-0.3, -0.25) is 4.79 Å². The summed E-state index contributed by atoms with van der Waals surface area (Å²) in [5.41, 5.74) is 5.56. The second-order valence-corrected chi connectivity index (χ2v) is 8.87. The van der Waals surface area contributed by atoms with Crippen LogP contribution >= 0.6 is 11.6 Å². The highest BCUT2D eigenvalue weighted by atomic mass is 35.5. The van der Waals surface area contributed by atoms with E-state index in [1.807, 2.05) is 29.2 Å². The zero-order valence-electron chi connectivity index (χ0n) is 17.8. The second-order valence-electron chi connectivity index (χ2n) is 8.43. The minimum atomic E-state index is -0.509. The van der Waals surface area contributed by atoms with Crippen LogP contribution in [0.2, 0.25) is 5.02 Å². The highest BCUT2D eigenvalue weighted by Gasteiger charge is 2.41. The summed E-state index contributed by atoms with van der Waals surface area (Å²) >= 11 is 6.28. The van der Waals surface area contributed by atoms with Gasteiger partial charge in [-0.15, -0.1) is 0 Å². The predicted molar refractivity (Wildman–Crippen MR) is 121 cm³/mol. The SMILES string of the molecule is Cc1ccc(-c2cc(C(=O)N3CCC4(CC3)OCCO4)c3cc(Cl)ccc3n2)c(C)c1. The van der Waals surface area contributed by atoms with E-state index in [-0.39, 0.29) is 5.91 Å². The summed E-state index contributed by atoms with van der Waals surface area (Å²) < 4.78 is 11.6. The van der Waals surface area contributed by atoms with Gasteiger partial charge in [0.15, 0.2) is 5.79 Å². The predicted octanol–water partition coefficient (Wildman–Crippen LogP) is 5.15. The lowest BCUT2D eigenvalue weighted by Gasteiger charge is -2.37. The third-order valence-electron chi connectivity index (χ3n) is 6.29. The number of likely N-dealkylation sites (tertiary alicyclic amines) is 1. The number of ether oxygens (including phenoxy) is 2. The molecule has 3 heterocycles. The molecule has 0 radical (unpaired) electrons. The van der Waals surface area contributed by atoms with Crippen molar-refractivity contribution in [3.8, 4) is 11.3 Å². The first-order valence-electron chi connectivity index (χ1n) is 10.7. The highest BCUT2D eigenvalue weighted by molar-refractivity contribution is 6.31.